The van der Waals surface area contributed by atoms with Crippen molar-refractivity contribution in [3.05, 3.63) is 71.8 Å². The van der Waals surface area contributed by atoms with E-state index in [1.165, 1.54) is 11.1 Å². The van der Waals surface area contributed by atoms with E-state index in [2.05, 4.69) is 60.7 Å². The minimum absolute atomic E-state index is 0. The maximum absolute atomic E-state index is 8.00. The maximum atomic E-state index is 8.00. The predicted molar refractivity (Wildman–Crippen MR) is 91.3 cm³/mol. The summed E-state index contributed by atoms with van der Waals surface area (Å²) in [6.45, 7) is 10.0. The van der Waals surface area contributed by atoms with Gasteiger partial charge in [0.15, 0.2) is 0 Å². The molecular weight excluding hydrogens is 392 g/mol. The van der Waals surface area contributed by atoms with E-state index >= 15 is 0 Å². The van der Waals surface area contributed by atoms with E-state index in [0.717, 1.165) is 6.42 Å². The minimum Gasteiger partial charge on any atom is -0.307 e. The Hall–Kier alpha value is -2.52. The third-order valence-corrected chi connectivity index (χ3v) is 2.09. The van der Waals surface area contributed by atoms with Gasteiger partial charge in [0, 0.05) is 21.1 Å². The van der Waals surface area contributed by atoms with Gasteiger partial charge in [-0.15, -0.1) is 0 Å². The SMILES string of the molecule is C=O.C=O.C=O.C=O.C=O.[Mo].c1ccc(Cc2ccccc2)cc1. The Balaban J connectivity index is -0.0000000950. The second-order valence-corrected chi connectivity index (χ2v) is 3.15. The van der Waals surface area contributed by atoms with Gasteiger partial charge in [-0.25, -0.2) is 0 Å². The molecule has 0 aliphatic carbocycles. The van der Waals surface area contributed by atoms with Crippen LogP contribution in [-0.4, -0.2) is 33.9 Å². The number of benzene rings is 2. The Morgan fingerprint density at radius 1 is 0.458 bits per heavy atom. The topological polar surface area (TPSA) is 85.3 Å². The van der Waals surface area contributed by atoms with Crippen molar-refractivity contribution in [3.63, 3.8) is 0 Å². The van der Waals surface area contributed by atoms with Crippen molar-refractivity contribution in [2.45, 2.75) is 6.42 Å². The fraction of sp³-hybridized carbons (Fsp3) is 0.0556. The van der Waals surface area contributed by atoms with Crippen LogP contribution in [0.5, 0.6) is 0 Å². The molecule has 6 heteroatoms. The molecule has 2 aromatic rings. The summed E-state index contributed by atoms with van der Waals surface area (Å²) in [4.78, 5) is 40.0. The monoisotopic (exact) mass is 416 g/mol. The van der Waals surface area contributed by atoms with Crippen molar-refractivity contribution >= 4 is 33.9 Å². The molecule has 24 heavy (non-hydrogen) atoms. The summed E-state index contributed by atoms with van der Waals surface area (Å²) in [7, 11) is 0. The summed E-state index contributed by atoms with van der Waals surface area (Å²) in [6.07, 6.45) is 1.03. The third kappa shape index (κ3) is 21.8. The number of hydrogen-bond donors (Lipinski definition) is 0. The van der Waals surface area contributed by atoms with E-state index in [-0.39, 0.29) is 21.1 Å². The molecule has 0 unspecified atom stereocenters. The van der Waals surface area contributed by atoms with Gasteiger partial charge in [0.25, 0.3) is 0 Å². The van der Waals surface area contributed by atoms with Crippen molar-refractivity contribution in [3.8, 4) is 0 Å². The Bertz CT molecular complexity index is 391. The van der Waals surface area contributed by atoms with Crippen LogP contribution in [0.3, 0.4) is 0 Å². The smallest absolute Gasteiger partial charge is 0.106 e. The van der Waals surface area contributed by atoms with E-state index in [0.29, 0.717) is 0 Å². The molecule has 0 aliphatic rings. The van der Waals surface area contributed by atoms with Gasteiger partial charge in [0.1, 0.15) is 33.9 Å². The molecule has 0 fully saturated rings. The van der Waals surface area contributed by atoms with Gasteiger partial charge in [0.2, 0.25) is 0 Å². The zero-order valence-electron chi connectivity index (χ0n) is 13.5. The normalized spacial score (nSPS) is 6.17. The number of carbonyl (C=O) groups excluding carboxylic acids is 5. The molecule has 0 aliphatic heterocycles. The summed E-state index contributed by atoms with van der Waals surface area (Å²) in [5, 5.41) is 0. The van der Waals surface area contributed by atoms with E-state index in [9.17, 15) is 0 Å². The van der Waals surface area contributed by atoms with Crippen LogP contribution in [0, 0.1) is 0 Å². The summed E-state index contributed by atoms with van der Waals surface area (Å²) in [5.41, 5.74) is 2.74. The van der Waals surface area contributed by atoms with Crippen molar-refractivity contribution < 1.29 is 45.0 Å². The Morgan fingerprint density at radius 3 is 0.875 bits per heavy atom. The molecule has 0 atom stereocenters. The number of carbonyl (C=O) groups is 5. The molecular formula is C18H22MoO5. The van der Waals surface area contributed by atoms with Gasteiger partial charge >= 0.3 is 0 Å². The van der Waals surface area contributed by atoms with E-state index in [4.69, 9.17) is 24.0 Å². The van der Waals surface area contributed by atoms with Gasteiger partial charge in [-0.3, -0.25) is 0 Å². The minimum atomic E-state index is 0. The van der Waals surface area contributed by atoms with Crippen molar-refractivity contribution in [2.24, 2.45) is 0 Å². The predicted octanol–water partition coefficient (Wildman–Crippen LogP) is 2.35. The largest absolute Gasteiger partial charge is 0.307 e. The van der Waals surface area contributed by atoms with Crippen LogP contribution in [0.15, 0.2) is 60.7 Å². The van der Waals surface area contributed by atoms with Crippen LogP contribution in [-0.2, 0) is 51.5 Å². The van der Waals surface area contributed by atoms with Gasteiger partial charge in [0.05, 0.1) is 0 Å². The van der Waals surface area contributed by atoms with Gasteiger partial charge < -0.3 is 24.0 Å². The van der Waals surface area contributed by atoms with Crippen molar-refractivity contribution in [2.75, 3.05) is 0 Å². The summed E-state index contributed by atoms with van der Waals surface area (Å²) < 4.78 is 0. The van der Waals surface area contributed by atoms with Crippen LogP contribution in [0.1, 0.15) is 11.1 Å². The Labute approximate surface area is 157 Å². The average molecular weight is 414 g/mol. The van der Waals surface area contributed by atoms with E-state index < -0.39 is 0 Å². The molecule has 130 valence electrons. The first kappa shape index (κ1) is 33.2. The fourth-order valence-electron chi connectivity index (χ4n) is 1.43. The molecule has 0 saturated heterocycles. The Kier molecular flexibility index (Phi) is 51.2. The molecule has 2 aromatic carbocycles. The third-order valence-electron chi connectivity index (χ3n) is 2.09. The molecule has 0 saturated carbocycles. The molecule has 0 heterocycles. The van der Waals surface area contributed by atoms with Crippen molar-refractivity contribution in [1.29, 1.82) is 0 Å². The first-order valence-electron chi connectivity index (χ1n) is 5.97. The molecule has 2 rings (SSSR count). The first-order valence-corrected chi connectivity index (χ1v) is 5.97. The Morgan fingerprint density at radius 2 is 0.667 bits per heavy atom. The summed E-state index contributed by atoms with van der Waals surface area (Å²) in [6, 6.07) is 21.1. The van der Waals surface area contributed by atoms with Crippen LogP contribution in [0.25, 0.3) is 0 Å². The van der Waals surface area contributed by atoms with E-state index in [1.54, 1.807) is 0 Å². The molecule has 5 nitrogen and oxygen atoms in total. The second-order valence-electron chi connectivity index (χ2n) is 3.15. The molecule has 0 spiro atoms. The van der Waals surface area contributed by atoms with Crippen LogP contribution in [0.4, 0.5) is 0 Å². The summed E-state index contributed by atoms with van der Waals surface area (Å²) in [5.74, 6) is 0. The molecule has 0 bridgehead atoms. The molecule has 0 amide bonds. The fourth-order valence-corrected chi connectivity index (χ4v) is 1.43. The number of rotatable bonds is 2. The van der Waals surface area contributed by atoms with Crippen LogP contribution < -0.4 is 0 Å². The van der Waals surface area contributed by atoms with E-state index in [1.807, 2.05) is 33.9 Å². The molecule has 0 N–H and O–H groups in total. The van der Waals surface area contributed by atoms with Gasteiger partial charge in [-0.05, 0) is 17.5 Å². The molecule has 0 radical (unpaired) electrons. The standard InChI is InChI=1S/C13H12.5CH2O.Mo/c1-3-7-12(8-4-1)11-13-9-5-2-6-10-13;5*1-2;/h1-10H,11H2;5*1H2;. The van der Waals surface area contributed by atoms with Gasteiger partial charge in [-0.1, -0.05) is 60.7 Å². The summed E-state index contributed by atoms with van der Waals surface area (Å²) >= 11 is 0. The maximum Gasteiger partial charge on any atom is 0.106 e. The van der Waals surface area contributed by atoms with Crippen molar-refractivity contribution in [1.82, 2.24) is 0 Å². The van der Waals surface area contributed by atoms with Gasteiger partial charge in [-0.2, -0.15) is 0 Å². The number of hydrogen-bond acceptors (Lipinski definition) is 5. The quantitative estimate of drug-likeness (QED) is 0.705. The zero-order chi connectivity index (χ0) is 18.9. The van der Waals surface area contributed by atoms with Crippen LogP contribution in [0.2, 0.25) is 0 Å². The van der Waals surface area contributed by atoms with Crippen LogP contribution >= 0.6 is 0 Å². The average Bonchev–Trinajstić information content (AvgIpc) is 2.71. The second kappa shape index (κ2) is 37.1. The zero-order valence-corrected chi connectivity index (χ0v) is 15.5. The molecule has 0 aromatic heterocycles. The first-order chi connectivity index (χ1) is 11.4.